The van der Waals surface area contributed by atoms with E-state index >= 15 is 0 Å². The summed E-state index contributed by atoms with van der Waals surface area (Å²) < 4.78 is 2.28. The highest BCUT2D eigenvalue weighted by Gasteiger charge is 2.56. The quantitative estimate of drug-likeness (QED) is 0.903. The predicted molar refractivity (Wildman–Crippen MR) is 95.3 cm³/mol. The minimum absolute atomic E-state index is 0.0150. The van der Waals surface area contributed by atoms with Crippen molar-refractivity contribution in [3.8, 4) is 0 Å². The molecule has 2 fully saturated rings. The van der Waals surface area contributed by atoms with E-state index in [-0.39, 0.29) is 17.4 Å². The van der Waals surface area contributed by atoms with Gasteiger partial charge in [0.25, 0.3) is 0 Å². The molecule has 0 atom stereocenters. The van der Waals surface area contributed by atoms with Crippen LogP contribution in [0.1, 0.15) is 48.3 Å². The Bertz CT molecular complexity index is 898. The summed E-state index contributed by atoms with van der Waals surface area (Å²) in [5.74, 6) is 1.20. The van der Waals surface area contributed by atoms with Crippen LogP contribution in [0.5, 0.6) is 0 Å². The second-order valence-electron chi connectivity index (χ2n) is 8.73. The van der Waals surface area contributed by atoms with Crippen molar-refractivity contribution in [1.29, 1.82) is 0 Å². The minimum Gasteiger partial charge on any atom is -0.382 e. The number of aliphatic hydroxyl groups is 1. The zero-order valence-corrected chi connectivity index (χ0v) is 14.8. The van der Waals surface area contributed by atoms with Crippen molar-refractivity contribution in [2.75, 3.05) is 6.54 Å². The van der Waals surface area contributed by atoms with E-state index in [1.54, 1.807) is 0 Å². The van der Waals surface area contributed by atoms with Crippen LogP contribution in [0.2, 0.25) is 0 Å². The van der Waals surface area contributed by atoms with Gasteiger partial charge in [-0.2, -0.15) is 0 Å². The summed E-state index contributed by atoms with van der Waals surface area (Å²) in [5.41, 5.74) is 3.01. The first-order valence-electron chi connectivity index (χ1n) is 9.74. The lowest BCUT2D eigenvalue weighted by Gasteiger charge is -2.37. The van der Waals surface area contributed by atoms with Crippen LogP contribution >= 0.6 is 0 Å². The number of nitrogens with zero attached hydrogens (tertiary/aromatic N) is 3. The highest BCUT2D eigenvalue weighted by molar-refractivity contribution is 5.80. The lowest BCUT2D eigenvalue weighted by molar-refractivity contribution is -0.137. The monoisotopic (exact) mass is 349 g/mol. The molecule has 2 aromatic rings. The Balaban J connectivity index is 1.29. The summed E-state index contributed by atoms with van der Waals surface area (Å²) >= 11 is 0. The first-order chi connectivity index (χ1) is 12.6. The molecule has 1 aromatic carbocycles. The molecule has 0 bridgehead atoms. The molecular formula is C21H23N3O2. The number of carbonyl (C=O) groups excluding carboxylic acids is 1. The molecule has 2 heterocycles. The van der Waals surface area contributed by atoms with Gasteiger partial charge in [-0.15, -0.1) is 0 Å². The summed E-state index contributed by atoms with van der Waals surface area (Å²) in [6.45, 7) is 1.39. The van der Waals surface area contributed by atoms with Gasteiger partial charge in [-0.1, -0.05) is 24.3 Å². The predicted octanol–water partition coefficient (Wildman–Crippen LogP) is 2.11. The Morgan fingerprint density at radius 1 is 1.12 bits per heavy atom. The molecule has 1 aliphatic heterocycles. The molecule has 4 aliphatic rings. The Kier molecular flexibility index (Phi) is 2.75. The zero-order valence-electron chi connectivity index (χ0n) is 14.8. The van der Waals surface area contributed by atoms with Crippen LogP contribution in [0.25, 0.3) is 0 Å². The zero-order chi connectivity index (χ0) is 17.5. The SMILES string of the molecule is O=C(C1Cc2ccccc2C1)N1Cc2cnc(C3(O)CC3)n2C2(CC2)C1. The van der Waals surface area contributed by atoms with Crippen LogP contribution in [0.15, 0.2) is 30.5 Å². The topological polar surface area (TPSA) is 58.4 Å². The second-order valence-corrected chi connectivity index (χ2v) is 8.73. The van der Waals surface area contributed by atoms with Gasteiger partial charge in [0.1, 0.15) is 11.4 Å². The Hall–Kier alpha value is -2.14. The number of aromatic nitrogens is 2. The van der Waals surface area contributed by atoms with Crippen molar-refractivity contribution in [2.24, 2.45) is 5.92 Å². The fraction of sp³-hybridized carbons (Fsp3) is 0.524. The highest BCUT2D eigenvalue weighted by Crippen LogP contribution is 2.53. The van der Waals surface area contributed by atoms with Crippen LogP contribution < -0.4 is 0 Å². The minimum atomic E-state index is -0.715. The third-order valence-electron chi connectivity index (χ3n) is 6.83. The fourth-order valence-electron chi connectivity index (χ4n) is 5.05. The van der Waals surface area contributed by atoms with Gasteiger partial charge < -0.3 is 14.6 Å². The van der Waals surface area contributed by atoms with E-state index in [1.807, 2.05) is 6.20 Å². The third-order valence-corrected chi connectivity index (χ3v) is 6.83. The molecule has 6 rings (SSSR count). The summed E-state index contributed by atoms with van der Waals surface area (Å²) in [5, 5.41) is 10.6. The molecule has 0 saturated heterocycles. The van der Waals surface area contributed by atoms with Crippen molar-refractivity contribution < 1.29 is 9.90 Å². The molecular weight excluding hydrogens is 326 g/mol. The van der Waals surface area contributed by atoms with E-state index in [4.69, 9.17) is 0 Å². The Morgan fingerprint density at radius 3 is 2.42 bits per heavy atom. The molecule has 0 radical (unpaired) electrons. The number of amides is 1. The Labute approximate surface area is 152 Å². The van der Waals surface area contributed by atoms with Gasteiger partial charge in [0.05, 0.1) is 24.0 Å². The fourth-order valence-corrected chi connectivity index (χ4v) is 5.05. The maximum atomic E-state index is 13.3. The molecule has 2 saturated carbocycles. The molecule has 5 nitrogen and oxygen atoms in total. The molecule has 5 heteroatoms. The first kappa shape index (κ1) is 15.0. The maximum absolute atomic E-state index is 13.3. The average Bonchev–Trinajstić information content (AvgIpc) is 3.47. The number of rotatable bonds is 2. The largest absolute Gasteiger partial charge is 0.382 e. The molecule has 134 valence electrons. The lowest BCUT2D eigenvalue weighted by Crippen LogP contribution is -2.48. The molecule has 3 aliphatic carbocycles. The van der Waals surface area contributed by atoms with Crippen molar-refractivity contribution in [2.45, 2.75) is 56.2 Å². The van der Waals surface area contributed by atoms with E-state index in [9.17, 15) is 9.90 Å². The number of carbonyl (C=O) groups is 1. The van der Waals surface area contributed by atoms with E-state index < -0.39 is 5.60 Å². The number of benzene rings is 1. The normalized spacial score (nSPS) is 24.4. The molecule has 1 amide bonds. The van der Waals surface area contributed by atoms with Gasteiger partial charge in [-0.25, -0.2) is 4.98 Å². The smallest absolute Gasteiger partial charge is 0.226 e. The molecule has 1 aromatic heterocycles. The van der Waals surface area contributed by atoms with Gasteiger partial charge >= 0.3 is 0 Å². The lowest BCUT2D eigenvalue weighted by atomic mass is 10.0. The summed E-state index contributed by atoms with van der Waals surface area (Å²) in [7, 11) is 0. The molecule has 1 spiro atoms. The van der Waals surface area contributed by atoms with E-state index in [0.29, 0.717) is 6.54 Å². The number of fused-ring (bicyclic) bond motifs is 3. The first-order valence-corrected chi connectivity index (χ1v) is 9.74. The molecule has 1 N–H and O–H groups in total. The highest BCUT2D eigenvalue weighted by atomic mass is 16.3. The van der Waals surface area contributed by atoms with Crippen molar-refractivity contribution in [3.63, 3.8) is 0 Å². The van der Waals surface area contributed by atoms with Gasteiger partial charge in [0, 0.05) is 12.5 Å². The number of hydrogen-bond donors (Lipinski definition) is 1. The molecule has 26 heavy (non-hydrogen) atoms. The number of imidazole rings is 1. The average molecular weight is 349 g/mol. The van der Waals surface area contributed by atoms with E-state index in [0.717, 1.165) is 56.6 Å². The van der Waals surface area contributed by atoms with E-state index in [2.05, 4.69) is 38.7 Å². The number of hydrogen-bond acceptors (Lipinski definition) is 3. The van der Waals surface area contributed by atoms with Crippen LogP contribution in [-0.4, -0.2) is 32.0 Å². The van der Waals surface area contributed by atoms with Crippen LogP contribution in [-0.2, 0) is 35.3 Å². The summed E-state index contributed by atoms with van der Waals surface area (Å²) in [4.78, 5) is 19.9. The van der Waals surface area contributed by atoms with Gasteiger partial charge in [-0.05, 0) is 49.7 Å². The van der Waals surface area contributed by atoms with Crippen LogP contribution in [0.4, 0.5) is 0 Å². The Morgan fingerprint density at radius 2 is 1.81 bits per heavy atom. The summed E-state index contributed by atoms with van der Waals surface area (Å²) in [6.07, 6.45) is 7.38. The summed E-state index contributed by atoms with van der Waals surface area (Å²) in [6, 6.07) is 8.43. The van der Waals surface area contributed by atoms with Crippen molar-refractivity contribution >= 4 is 5.91 Å². The third kappa shape index (κ3) is 2.01. The second kappa shape index (κ2) is 4.77. The standard InChI is InChI=1S/C21H23N3O2/c25-18(16-9-14-3-1-2-4-15(14)10-16)23-12-17-11-22-19(21(26)7-8-21)24(17)20(13-23)5-6-20/h1-4,11,16,26H,5-10,12-13H2. The van der Waals surface area contributed by atoms with Crippen molar-refractivity contribution in [3.05, 3.63) is 53.1 Å². The van der Waals surface area contributed by atoms with Gasteiger partial charge in [-0.3, -0.25) is 4.79 Å². The van der Waals surface area contributed by atoms with Crippen molar-refractivity contribution in [1.82, 2.24) is 14.5 Å². The van der Waals surface area contributed by atoms with Gasteiger partial charge in [0.15, 0.2) is 0 Å². The molecule has 0 unspecified atom stereocenters. The maximum Gasteiger partial charge on any atom is 0.226 e. The van der Waals surface area contributed by atoms with Gasteiger partial charge in [0.2, 0.25) is 5.91 Å². The van der Waals surface area contributed by atoms with E-state index in [1.165, 1.54) is 11.1 Å². The van der Waals surface area contributed by atoms with Crippen LogP contribution in [0, 0.1) is 5.92 Å². The van der Waals surface area contributed by atoms with Crippen LogP contribution in [0.3, 0.4) is 0 Å².